The molecule has 0 radical (unpaired) electrons. The van der Waals surface area contributed by atoms with E-state index in [0.29, 0.717) is 42.1 Å². The highest BCUT2D eigenvalue weighted by molar-refractivity contribution is 6.30. The summed E-state index contributed by atoms with van der Waals surface area (Å²) in [5.74, 6) is 1.41. The molecule has 0 bridgehead atoms. The fourth-order valence-corrected chi connectivity index (χ4v) is 3.41. The molecule has 0 N–H and O–H groups in total. The van der Waals surface area contributed by atoms with Gasteiger partial charge in [-0.3, -0.25) is 19.6 Å². The van der Waals surface area contributed by atoms with E-state index < -0.39 is 0 Å². The molecule has 0 fully saturated rings. The lowest BCUT2D eigenvalue weighted by molar-refractivity contribution is 0.0840. The summed E-state index contributed by atoms with van der Waals surface area (Å²) in [5.41, 5.74) is 1.77. The van der Waals surface area contributed by atoms with Gasteiger partial charge in [0.05, 0.1) is 19.4 Å². The van der Waals surface area contributed by atoms with Gasteiger partial charge in [0.1, 0.15) is 0 Å². The largest absolute Gasteiger partial charge is 0.325 e. The molecule has 3 heterocycles. The standard InChI is InChI=1S/C18H20ClN5O.ClH/c1-2-3-9-22-12-21-16-15(22)17(25)23-10-8-20-18(23)24(16)11-13-4-6-14(19)7-5-13;/h4-7,12H,2-3,8-11H2,1H3;1H. The number of carbonyl (C=O) groups is 1. The fraction of sp³-hybridized carbons (Fsp3) is 0.389. The number of anilines is 1. The lowest BCUT2D eigenvalue weighted by Gasteiger charge is -2.33. The van der Waals surface area contributed by atoms with Crippen LogP contribution in [0.15, 0.2) is 35.6 Å². The number of guanidine groups is 1. The van der Waals surface area contributed by atoms with Crippen molar-refractivity contribution < 1.29 is 4.79 Å². The number of aliphatic imine (C=N–C) groups is 1. The minimum Gasteiger partial charge on any atom is -0.325 e. The van der Waals surface area contributed by atoms with Gasteiger partial charge in [-0.05, 0) is 24.1 Å². The van der Waals surface area contributed by atoms with Crippen LogP contribution in [0, 0.1) is 0 Å². The van der Waals surface area contributed by atoms with Gasteiger partial charge in [-0.25, -0.2) is 4.98 Å². The minimum atomic E-state index is 0. The van der Waals surface area contributed by atoms with E-state index in [1.165, 1.54) is 0 Å². The highest BCUT2D eigenvalue weighted by atomic mass is 35.5. The Labute approximate surface area is 163 Å². The van der Waals surface area contributed by atoms with Crippen LogP contribution in [-0.2, 0) is 13.1 Å². The molecule has 138 valence electrons. The molecule has 0 unspecified atom stereocenters. The van der Waals surface area contributed by atoms with E-state index in [-0.39, 0.29) is 18.3 Å². The van der Waals surface area contributed by atoms with E-state index in [1.807, 2.05) is 33.7 Å². The SMILES string of the molecule is CCCCn1cnc2c1C(=O)N1CCN=C1N2Cc1ccc(Cl)cc1.Cl. The summed E-state index contributed by atoms with van der Waals surface area (Å²) in [6.45, 7) is 4.82. The number of hydrogen-bond donors (Lipinski definition) is 0. The van der Waals surface area contributed by atoms with Gasteiger partial charge >= 0.3 is 0 Å². The van der Waals surface area contributed by atoms with Crippen molar-refractivity contribution in [2.45, 2.75) is 32.9 Å². The summed E-state index contributed by atoms with van der Waals surface area (Å²) in [4.78, 5) is 25.8. The van der Waals surface area contributed by atoms with Crippen molar-refractivity contribution in [2.75, 3.05) is 18.0 Å². The summed E-state index contributed by atoms with van der Waals surface area (Å²) in [6, 6.07) is 7.74. The smallest absolute Gasteiger partial charge is 0.281 e. The predicted molar refractivity (Wildman–Crippen MR) is 105 cm³/mol. The number of unbranched alkanes of at least 4 members (excludes halogenated alkanes) is 1. The molecule has 0 aliphatic carbocycles. The van der Waals surface area contributed by atoms with Gasteiger partial charge in [0.15, 0.2) is 11.5 Å². The van der Waals surface area contributed by atoms with E-state index in [4.69, 9.17) is 11.6 Å². The van der Waals surface area contributed by atoms with Gasteiger partial charge in [-0.15, -0.1) is 12.4 Å². The second kappa shape index (κ2) is 7.68. The van der Waals surface area contributed by atoms with Crippen molar-refractivity contribution in [3.05, 3.63) is 46.9 Å². The third-order valence-corrected chi connectivity index (χ3v) is 4.84. The Morgan fingerprint density at radius 1 is 1.23 bits per heavy atom. The Morgan fingerprint density at radius 2 is 2.00 bits per heavy atom. The molecule has 2 aliphatic heterocycles. The van der Waals surface area contributed by atoms with Crippen LogP contribution in [0.3, 0.4) is 0 Å². The molecule has 2 aliphatic rings. The van der Waals surface area contributed by atoms with E-state index in [2.05, 4.69) is 16.9 Å². The topological polar surface area (TPSA) is 53.7 Å². The van der Waals surface area contributed by atoms with Crippen LogP contribution in [0.2, 0.25) is 5.02 Å². The Kier molecular flexibility index (Phi) is 5.53. The first-order valence-corrected chi connectivity index (χ1v) is 9.00. The summed E-state index contributed by atoms with van der Waals surface area (Å²) in [7, 11) is 0. The molecule has 26 heavy (non-hydrogen) atoms. The predicted octanol–water partition coefficient (Wildman–Crippen LogP) is 3.59. The van der Waals surface area contributed by atoms with Gasteiger partial charge in [0.25, 0.3) is 5.91 Å². The van der Waals surface area contributed by atoms with Crippen molar-refractivity contribution in [3.8, 4) is 0 Å². The van der Waals surface area contributed by atoms with Crippen molar-refractivity contribution in [3.63, 3.8) is 0 Å². The molecule has 8 heteroatoms. The maximum atomic E-state index is 12.9. The van der Waals surface area contributed by atoms with E-state index in [0.717, 1.165) is 24.9 Å². The zero-order valence-corrected chi connectivity index (χ0v) is 16.1. The number of rotatable bonds is 5. The number of hydrogen-bond acceptors (Lipinski definition) is 4. The normalized spacial score (nSPS) is 15.5. The average molecular weight is 394 g/mol. The van der Waals surface area contributed by atoms with Gasteiger partial charge in [0.2, 0.25) is 5.96 Å². The first-order chi connectivity index (χ1) is 12.2. The second-order valence-corrected chi connectivity index (χ2v) is 6.75. The molecule has 1 amide bonds. The van der Waals surface area contributed by atoms with Crippen LogP contribution in [0.1, 0.15) is 35.8 Å². The first-order valence-electron chi connectivity index (χ1n) is 8.62. The third kappa shape index (κ3) is 3.19. The van der Waals surface area contributed by atoms with Crippen LogP contribution in [0.5, 0.6) is 0 Å². The lowest BCUT2D eigenvalue weighted by Crippen LogP contribution is -2.50. The number of amides is 1. The van der Waals surface area contributed by atoms with Crippen LogP contribution in [-0.4, -0.2) is 39.4 Å². The van der Waals surface area contributed by atoms with E-state index in [9.17, 15) is 4.79 Å². The number of imidazole rings is 1. The molecule has 2 aromatic rings. The number of nitrogens with zero attached hydrogens (tertiary/aromatic N) is 5. The molecule has 0 spiro atoms. The summed E-state index contributed by atoms with van der Waals surface area (Å²) in [6.07, 6.45) is 3.87. The summed E-state index contributed by atoms with van der Waals surface area (Å²) in [5, 5.41) is 0.710. The Bertz CT molecular complexity index is 831. The van der Waals surface area contributed by atoms with Crippen molar-refractivity contribution >= 4 is 41.7 Å². The molecular formula is C18H21Cl2N5O. The lowest BCUT2D eigenvalue weighted by atomic mass is 10.2. The number of aromatic nitrogens is 2. The molecular weight excluding hydrogens is 373 g/mol. The number of aryl methyl sites for hydroxylation is 1. The molecule has 4 rings (SSSR count). The zero-order valence-electron chi connectivity index (χ0n) is 14.6. The Balaban J connectivity index is 0.00000196. The number of fused-ring (bicyclic) bond motifs is 2. The van der Waals surface area contributed by atoms with Crippen LogP contribution >= 0.6 is 24.0 Å². The average Bonchev–Trinajstić information content (AvgIpc) is 3.26. The van der Waals surface area contributed by atoms with Gasteiger partial charge in [-0.2, -0.15) is 0 Å². The first kappa shape index (κ1) is 18.7. The summed E-state index contributed by atoms with van der Waals surface area (Å²) >= 11 is 5.99. The second-order valence-electron chi connectivity index (χ2n) is 6.31. The number of halogens is 2. The van der Waals surface area contributed by atoms with Gasteiger partial charge in [-0.1, -0.05) is 37.1 Å². The van der Waals surface area contributed by atoms with Crippen LogP contribution in [0.4, 0.5) is 5.82 Å². The fourth-order valence-electron chi connectivity index (χ4n) is 3.29. The molecule has 0 saturated carbocycles. The maximum absolute atomic E-state index is 12.9. The zero-order chi connectivity index (χ0) is 17.4. The summed E-state index contributed by atoms with van der Waals surface area (Å²) < 4.78 is 1.98. The van der Waals surface area contributed by atoms with Crippen molar-refractivity contribution in [1.29, 1.82) is 0 Å². The quantitative estimate of drug-likeness (QED) is 0.779. The van der Waals surface area contributed by atoms with E-state index in [1.54, 1.807) is 11.2 Å². The Morgan fingerprint density at radius 3 is 2.73 bits per heavy atom. The molecule has 1 aromatic carbocycles. The molecule has 6 nitrogen and oxygen atoms in total. The minimum absolute atomic E-state index is 0. The van der Waals surface area contributed by atoms with Gasteiger partial charge < -0.3 is 4.57 Å². The van der Waals surface area contributed by atoms with Crippen LogP contribution < -0.4 is 4.90 Å². The third-order valence-electron chi connectivity index (χ3n) is 4.59. The Hall–Kier alpha value is -2.05. The van der Waals surface area contributed by atoms with Crippen LogP contribution in [0.25, 0.3) is 0 Å². The molecule has 1 aromatic heterocycles. The number of benzene rings is 1. The molecule has 0 atom stereocenters. The van der Waals surface area contributed by atoms with Crippen molar-refractivity contribution in [2.24, 2.45) is 4.99 Å². The van der Waals surface area contributed by atoms with Gasteiger partial charge in [0, 0.05) is 18.1 Å². The van der Waals surface area contributed by atoms with Crippen molar-refractivity contribution in [1.82, 2.24) is 14.5 Å². The number of carbonyl (C=O) groups excluding carboxylic acids is 1. The highest BCUT2D eigenvalue weighted by Crippen LogP contribution is 2.31. The monoisotopic (exact) mass is 393 g/mol. The molecule has 0 saturated heterocycles. The maximum Gasteiger partial charge on any atom is 0.281 e. The highest BCUT2D eigenvalue weighted by Gasteiger charge is 2.40. The van der Waals surface area contributed by atoms with E-state index >= 15 is 0 Å².